The summed E-state index contributed by atoms with van der Waals surface area (Å²) in [7, 11) is 4.18. The van der Waals surface area contributed by atoms with Gasteiger partial charge in [0.15, 0.2) is 17.5 Å². The Hall–Kier alpha value is -2.48. The lowest BCUT2D eigenvalue weighted by molar-refractivity contribution is -0.148. The van der Waals surface area contributed by atoms with Gasteiger partial charge in [0.2, 0.25) is 0 Å². The van der Waals surface area contributed by atoms with Crippen LogP contribution in [0, 0.1) is 0 Å². The number of amides is 1. The fourth-order valence-corrected chi connectivity index (χ4v) is 3.10. The lowest BCUT2D eigenvalue weighted by Gasteiger charge is -2.38. The molecule has 1 aromatic carbocycles. The number of esters is 1. The number of carbonyl (C=O) groups is 2. The van der Waals surface area contributed by atoms with Crippen LogP contribution in [0.5, 0.6) is 11.5 Å². The first-order chi connectivity index (χ1) is 11.0. The second kappa shape index (κ2) is 5.62. The van der Waals surface area contributed by atoms with Crippen LogP contribution in [0.1, 0.15) is 23.3 Å². The Morgan fingerprint density at radius 2 is 1.83 bits per heavy atom. The molecule has 1 amide bonds. The van der Waals surface area contributed by atoms with E-state index in [9.17, 15) is 14.7 Å². The van der Waals surface area contributed by atoms with E-state index in [0.717, 1.165) is 0 Å². The van der Waals surface area contributed by atoms with Crippen molar-refractivity contribution in [3.8, 4) is 11.5 Å². The lowest BCUT2D eigenvalue weighted by Crippen LogP contribution is -2.48. The van der Waals surface area contributed by atoms with E-state index in [2.05, 4.69) is 0 Å². The van der Waals surface area contributed by atoms with Gasteiger partial charge < -0.3 is 24.1 Å². The number of methoxy groups -OCH3 is 3. The van der Waals surface area contributed by atoms with Crippen LogP contribution in [0.2, 0.25) is 0 Å². The highest BCUT2D eigenvalue weighted by molar-refractivity contribution is 5.85. The van der Waals surface area contributed by atoms with Crippen LogP contribution in [0.25, 0.3) is 0 Å². The Morgan fingerprint density at radius 1 is 1.22 bits per heavy atom. The number of ether oxygens (including phenoxy) is 4. The van der Waals surface area contributed by atoms with Gasteiger partial charge in [0.1, 0.15) is 18.8 Å². The Morgan fingerprint density at radius 3 is 2.39 bits per heavy atom. The predicted octanol–water partition coefficient (Wildman–Crippen LogP) is 0.786. The summed E-state index contributed by atoms with van der Waals surface area (Å²) < 4.78 is 20.3. The molecular formula is C15H17NO7. The van der Waals surface area contributed by atoms with Gasteiger partial charge in [-0.3, -0.25) is 4.90 Å². The number of aliphatic hydroxyl groups is 1. The average molecular weight is 323 g/mol. The number of nitrogens with zero attached hydrogens (tertiary/aromatic N) is 1. The van der Waals surface area contributed by atoms with E-state index in [0.29, 0.717) is 22.6 Å². The van der Waals surface area contributed by atoms with E-state index >= 15 is 0 Å². The molecule has 8 heteroatoms. The molecule has 0 unspecified atom stereocenters. The first-order valence-corrected chi connectivity index (χ1v) is 7.00. The summed E-state index contributed by atoms with van der Waals surface area (Å²) in [6.45, 7) is 0.00127. The van der Waals surface area contributed by atoms with Gasteiger partial charge >= 0.3 is 12.1 Å². The second-order valence-corrected chi connectivity index (χ2v) is 5.26. The van der Waals surface area contributed by atoms with Crippen molar-refractivity contribution in [1.29, 1.82) is 0 Å². The van der Waals surface area contributed by atoms with Crippen LogP contribution in [-0.2, 0) is 14.3 Å². The summed E-state index contributed by atoms with van der Waals surface area (Å²) in [4.78, 5) is 25.5. The number of fused-ring (bicyclic) bond motifs is 2. The van der Waals surface area contributed by atoms with Crippen molar-refractivity contribution in [2.24, 2.45) is 0 Å². The van der Waals surface area contributed by atoms with Gasteiger partial charge in [-0.15, -0.1) is 0 Å². The summed E-state index contributed by atoms with van der Waals surface area (Å²) in [6.07, 6.45) is -1.66. The second-order valence-electron chi connectivity index (χ2n) is 5.26. The third kappa shape index (κ3) is 2.17. The van der Waals surface area contributed by atoms with Gasteiger partial charge in [-0.1, -0.05) is 0 Å². The summed E-state index contributed by atoms with van der Waals surface area (Å²) in [6, 6.07) is 1.52. The standard InChI is InChI=1S/C15H17NO7/c1-20-10-4-7-8(5-11(10)21-2)13(17)9-6-23-15(19)16(9)12(7)14(18)22-3/h4-5,9,12-13,17H,6H2,1-3H3/t9-,12+,13+/m1/s1. The van der Waals surface area contributed by atoms with Crippen LogP contribution >= 0.6 is 0 Å². The smallest absolute Gasteiger partial charge is 0.411 e. The van der Waals surface area contributed by atoms with Crippen LogP contribution in [0.3, 0.4) is 0 Å². The van der Waals surface area contributed by atoms with E-state index in [4.69, 9.17) is 18.9 Å². The Bertz CT molecular complexity index is 659. The van der Waals surface area contributed by atoms with Gasteiger partial charge in [-0.05, 0) is 23.3 Å². The maximum absolute atomic E-state index is 12.3. The molecule has 1 fully saturated rings. The average Bonchev–Trinajstić information content (AvgIpc) is 2.95. The van der Waals surface area contributed by atoms with E-state index in [1.54, 1.807) is 12.1 Å². The molecule has 8 nitrogen and oxygen atoms in total. The quantitative estimate of drug-likeness (QED) is 0.822. The first-order valence-electron chi connectivity index (χ1n) is 7.00. The SMILES string of the molecule is COC(=O)[C@@H]1c2cc(OC)c(OC)cc2[C@H](O)[C@H]2COC(=O)N12. The monoisotopic (exact) mass is 323 g/mol. The van der Waals surface area contributed by atoms with Crippen molar-refractivity contribution >= 4 is 12.1 Å². The largest absolute Gasteiger partial charge is 0.493 e. The molecule has 0 saturated carbocycles. The number of hydrogen-bond acceptors (Lipinski definition) is 7. The normalized spacial score (nSPS) is 25.3. The van der Waals surface area contributed by atoms with E-state index in [1.807, 2.05) is 0 Å². The molecule has 1 N–H and O–H groups in total. The van der Waals surface area contributed by atoms with Gasteiger partial charge in [0.25, 0.3) is 0 Å². The van der Waals surface area contributed by atoms with Crippen molar-refractivity contribution in [3.63, 3.8) is 0 Å². The minimum absolute atomic E-state index is 0.00127. The molecule has 2 aliphatic heterocycles. The maximum atomic E-state index is 12.3. The van der Waals surface area contributed by atoms with Crippen LogP contribution in [0.4, 0.5) is 4.79 Å². The first kappa shape index (κ1) is 15.4. The van der Waals surface area contributed by atoms with E-state index in [-0.39, 0.29) is 6.61 Å². The van der Waals surface area contributed by atoms with Gasteiger partial charge in [-0.25, -0.2) is 9.59 Å². The van der Waals surface area contributed by atoms with Crippen molar-refractivity contribution in [2.45, 2.75) is 18.2 Å². The highest BCUT2D eigenvalue weighted by Crippen LogP contribution is 2.46. The fraction of sp³-hybridized carbons (Fsp3) is 0.467. The Balaban J connectivity index is 2.21. The molecule has 2 aliphatic rings. The highest BCUT2D eigenvalue weighted by Gasteiger charge is 2.51. The van der Waals surface area contributed by atoms with Crippen molar-refractivity contribution in [1.82, 2.24) is 4.90 Å². The van der Waals surface area contributed by atoms with Gasteiger partial charge in [-0.2, -0.15) is 0 Å². The Kier molecular flexibility index (Phi) is 3.77. The van der Waals surface area contributed by atoms with E-state index < -0.39 is 30.3 Å². The lowest BCUT2D eigenvalue weighted by atomic mass is 9.86. The summed E-state index contributed by atoms with van der Waals surface area (Å²) in [5.41, 5.74) is 0.912. The number of cyclic esters (lactones) is 1. The number of aliphatic hydroxyl groups excluding tert-OH is 1. The molecule has 23 heavy (non-hydrogen) atoms. The topological polar surface area (TPSA) is 94.5 Å². The number of hydrogen-bond donors (Lipinski definition) is 1. The zero-order valence-electron chi connectivity index (χ0n) is 12.9. The third-order valence-corrected chi connectivity index (χ3v) is 4.22. The molecule has 0 bridgehead atoms. The van der Waals surface area contributed by atoms with Crippen LogP contribution < -0.4 is 9.47 Å². The number of benzene rings is 1. The molecule has 0 aliphatic carbocycles. The van der Waals surface area contributed by atoms with Crippen molar-refractivity contribution in [2.75, 3.05) is 27.9 Å². The molecule has 124 valence electrons. The molecule has 1 aromatic rings. The van der Waals surface area contributed by atoms with Gasteiger partial charge in [0.05, 0.1) is 21.3 Å². The summed E-state index contributed by atoms with van der Waals surface area (Å²) in [5.74, 6) is 0.195. The van der Waals surface area contributed by atoms with Gasteiger partial charge in [0, 0.05) is 0 Å². The van der Waals surface area contributed by atoms with Crippen molar-refractivity contribution < 1.29 is 33.6 Å². The van der Waals surface area contributed by atoms with Crippen LogP contribution in [-0.4, -0.2) is 56.0 Å². The molecule has 1 saturated heterocycles. The minimum atomic E-state index is -1.00. The zero-order chi connectivity index (χ0) is 16.7. The number of carbonyl (C=O) groups excluding carboxylic acids is 2. The molecule has 3 rings (SSSR count). The zero-order valence-corrected chi connectivity index (χ0v) is 12.9. The summed E-state index contributed by atoms with van der Waals surface area (Å²) in [5, 5.41) is 10.6. The molecule has 0 radical (unpaired) electrons. The fourth-order valence-electron chi connectivity index (χ4n) is 3.10. The summed E-state index contributed by atoms with van der Waals surface area (Å²) >= 11 is 0. The molecule has 0 spiro atoms. The Labute approximate surface area is 132 Å². The van der Waals surface area contributed by atoms with Crippen LogP contribution in [0.15, 0.2) is 12.1 Å². The van der Waals surface area contributed by atoms with E-state index in [1.165, 1.54) is 26.2 Å². The molecular weight excluding hydrogens is 306 g/mol. The predicted molar refractivity (Wildman–Crippen MR) is 76.2 cm³/mol. The minimum Gasteiger partial charge on any atom is -0.493 e. The molecule has 2 heterocycles. The maximum Gasteiger partial charge on any atom is 0.411 e. The number of rotatable bonds is 3. The van der Waals surface area contributed by atoms with Crippen molar-refractivity contribution in [3.05, 3.63) is 23.3 Å². The highest BCUT2D eigenvalue weighted by atomic mass is 16.6. The molecule has 3 atom stereocenters. The third-order valence-electron chi connectivity index (χ3n) is 4.22. The molecule has 0 aromatic heterocycles.